The van der Waals surface area contributed by atoms with Crippen LogP contribution in [0.3, 0.4) is 0 Å². The van der Waals surface area contributed by atoms with E-state index in [4.69, 9.17) is 10.9 Å². The van der Waals surface area contributed by atoms with Crippen molar-refractivity contribution in [1.82, 2.24) is 10.8 Å². The number of hydrogen-bond acceptors (Lipinski definition) is 4. The lowest BCUT2D eigenvalue weighted by molar-refractivity contribution is -0.131. The molecule has 6 heteroatoms. The minimum atomic E-state index is -1.03. The Morgan fingerprint density at radius 3 is 2.37 bits per heavy atom. The average Bonchev–Trinajstić information content (AvgIpc) is 2.69. The highest BCUT2D eigenvalue weighted by Crippen LogP contribution is 2.07. The van der Waals surface area contributed by atoms with Crippen molar-refractivity contribution in [2.75, 3.05) is 0 Å². The van der Waals surface area contributed by atoms with Gasteiger partial charge in [-0.15, -0.1) is 0 Å². The van der Waals surface area contributed by atoms with Gasteiger partial charge in [0.1, 0.15) is 6.04 Å². The molecule has 0 aromatic heterocycles. The number of hydroxylamine groups is 1. The van der Waals surface area contributed by atoms with Crippen LogP contribution in [0.15, 0.2) is 60.7 Å². The van der Waals surface area contributed by atoms with Gasteiger partial charge in [-0.25, -0.2) is 5.48 Å². The number of benzene rings is 2. The summed E-state index contributed by atoms with van der Waals surface area (Å²) in [5, 5.41) is 11.2. The molecule has 5 N–H and O–H groups in total. The van der Waals surface area contributed by atoms with Crippen molar-refractivity contribution in [3.63, 3.8) is 0 Å². The van der Waals surface area contributed by atoms with Gasteiger partial charge in [0.25, 0.3) is 11.8 Å². The smallest absolute Gasteiger partial charge is 0.267 e. The van der Waals surface area contributed by atoms with E-state index in [1.807, 2.05) is 36.4 Å². The van der Waals surface area contributed by atoms with Crippen molar-refractivity contribution in [1.29, 1.82) is 0 Å². The van der Waals surface area contributed by atoms with Gasteiger partial charge in [0.05, 0.1) is 0 Å². The fraction of sp³-hybridized carbons (Fsp3) is 0.143. The van der Waals surface area contributed by atoms with Crippen LogP contribution in [-0.4, -0.2) is 29.1 Å². The van der Waals surface area contributed by atoms with Gasteiger partial charge in [0.15, 0.2) is 0 Å². The molecule has 0 unspecified atom stereocenters. The van der Waals surface area contributed by atoms with Gasteiger partial charge >= 0.3 is 0 Å². The zero-order valence-electron chi connectivity index (χ0n) is 14.8. The largest absolute Gasteiger partial charge is 0.339 e. The first kappa shape index (κ1) is 19.9. The standard InChI is InChI=1S/C21H21N3O3/c1-15(22)19(21(26)24-27)23-20(25)18-13-11-17(12-14-18)10-6-5-9-16-7-3-2-4-8-16/h2-4,6-8,10-15,19,27H,22H2,1H3,(H,23,25)(H,24,26)/b10-6+/t15-,19+/m1/s1. The normalized spacial score (nSPS) is 12.6. The molecule has 27 heavy (non-hydrogen) atoms. The summed E-state index contributed by atoms with van der Waals surface area (Å²) < 4.78 is 0. The molecule has 0 bridgehead atoms. The fourth-order valence-electron chi connectivity index (χ4n) is 2.26. The summed E-state index contributed by atoms with van der Waals surface area (Å²) in [7, 11) is 0. The number of nitrogens with one attached hydrogen (secondary N) is 2. The molecule has 0 saturated heterocycles. The molecule has 0 saturated carbocycles. The highest BCUT2D eigenvalue weighted by Gasteiger charge is 2.24. The molecule has 2 atom stereocenters. The third-order valence-electron chi connectivity index (χ3n) is 3.73. The Bertz CT molecular complexity index is 863. The number of hydrogen-bond donors (Lipinski definition) is 4. The molecular weight excluding hydrogens is 342 g/mol. The molecular formula is C21H21N3O3. The summed E-state index contributed by atoms with van der Waals surface area (Å²) in [4.78, 5) is 23.8. The van der Waals surface area contributed by atoms with Crippen LogP contribution >= 0.6 is 0 Å². The summed E-state index contributed by atoms with van der Waals surface area (Å²) in [6, 6.07) is 14.8. The summed E-state index contributed by atoms with van der Waals surface area (Å²) >= 11 is 0. The van der Waals surface area contributed by atoms with Crippen LogP contribution in [0.2, 0.25) is 0 Å². The first-order valence-corrected chi connectivity index (χ1v) is 8.35. The molecule has 0 aliphatic heterocycles. The fourth-order valence-corrected chi connectivity index (χ4v) is 2.26. The lowest BCUT2D eigenvalue weighted by Gasteiger charge is -2.20. The van der Waals surface area contributed by atoms with E-state index in [2.05, 4.69) is 17.2 Å². The Morgan fingerprint density at radius 1 is 1.11 bits per heavy atom. The molecule has 6 nitrogen and oxygen atoms in total. The minimum absolute atomic E-state index is 0.374. The SMILES string of the molecule is C[C@@H](N)[C@H](NC(=O)c1ccc(/C=C/C#Cc2ccccc2)cc1)C(=O)NO. The number of allylic oxidation sites excluding steroid dienone is 1. The van der Waals surface area contributed by atoms with E-state index in [-0.39, 0.29) is 0 Å². The molecule has 2 aromatic carbocycles. The molecule has 0 radical (unpaired) electrons. The van der Waals surface area contributed by atoms with E-state index in [0.717, 1.165) is 11.1 Å². The van der Waals surface area contributed by atoms with Crippen molar-refractivity contribution in [2.24, 2.45) is 5.73 Å². The van der Waals surface area contributed by atoms with Crippen molar-refractivity contribution >= 4 is 17.9 Å². The highest BCUT2D eigenvalue weighted by molar-refractivity contribution is 5.97. The molecule has 2 amide bonds. The molecule has 0 fully saturated rings. The van der Waals surface area contributed by atoms with Crippen LogP contribution in [0.1, 0.15) is 28.4 Å². The van der Waals surface area contributed by atoms with Gasteiger partial charge in [-0.3, -0.25) is 14.8 Å². The second kappa shape index (κ2) is 9.92. The Morgan fingerprint density at radius 2 is 1.78 bits per heavy atom. The maximum Gasteiger partial charge on any atom is 0.267 e. The van der Waals surface area contributed by atoms with E-state index < -0.39 is 23.9 Å². The number of rotatable bonds is 5. The zero-order chi connectivity index (χ0) is 19.6. The molecule has 2 rings (SSSR count). The van der Waals surface area contributed by atoms with Crippen molar-refractivity contribution in [3.8, 4) is 11.8 Å². The average molecular weight is 363 g/mol. The van der Waals surface area contributed by atoms with E-state index in [9.17, 15) is 9.59 Å². The van der Waals surface area contributed by atoms with Crippen LogP contribution in [-0.2, 0) is 4.79 Å². The van der Waals surface area contributed by atoms with Gasteiger partial charge in [-0.1, -0.05) is 42.2 Å². The van der Waals surface area contributed by atoms with Crippen molar-refractivity contribution < 1.29 is 14.8 Å². The third kappa shape index (κ3) is 6.12. The zero-order valence-corrected chi connectivity index (χ0v) is 14.8. The minimum Gasteiger partial charge on any atom is -0.339 e. The first-order valence-electron chi connectivity index (χ1n) is 8.35. The maximum atomic E-state index is 12.2. The molecule has 138 valence electrons. The Hall–Kier alpha value is -3.40. The quantitative estimate of drug-likeness (QED) is 0.369. The summed E-state index contributed by atoms with van der Waals surface area (Å²) in [5.41, 5.74) is 9.35. The Labute approximate surface area is 158 Å². The number of carbonyl (C=O) groups is 2. The van der Waals surface area contributed by atoms with Crippen LogP contribution < -0.4 is 16.5 Å². The predicted octanol–water partition coefficient (Wildman–Crippen LogP) is 1.70. The number of amides is 2. The Balaban J connectivity index is 2.00. The summed E-state index contributed by atoms with van der Waals surface area (Å²) in [5.74, 6) is 4.75. The monoisotopic (exact) mass is 363 g/mol. The van der Waals surface area contributed by atoms with Gasteiger partial charge in [-0.05, 0) is 48.9 Å². The topological polar surface area (TPSA) is 104 Å². The van der Waals surface area contributed by atoms with Crippen molar-refractivity contribution in [3.05, 3.63) is 77.4 Å². The van der Waals surface area contributed by atoms with Gasteiger partial charge < -0.3 is 11.1 Å². The van der Waals surface area contributed by atoms with Gasteiger partial charge in [0.2, 0.25) is 0 Å². The second-order valence-corrected chi connectivity index (χ2v) is 5.88. The van der Waals surface area contributed by atoms with Gasteiger partial charge in [-0.2, -0.15) is 0 Å². The molecule has 2 aromatic rings. The van der Waals surface area contributed by atoms with Crippen molar-refractivity contribution in [2.45, 2.75) is 19.0 Å². The molecule has 0 aliphatic rings. The first-order chi connectivity index (χ1) is 13.0. The van der Waals surface area contributed by atoms with E-state index in [1.54, 1.807) is 37.3 Å². The van der Waals surface area contributed by atoms with Crippen LogP contribution in [0.25, 0.3) is 6.08 Å². The van der Waals surface area contributed by atoms with E-state index in [0.29, 0.717) is 5.56 Å². The Kier molecular flexibility index (Phi) is 7.32. The van der Waals surface area contributed by atoms with E-state index in [1.165, 1.54) is 5.48 Å². The lowest BCUT2D eigenvalue weighted by atomic mass is 10.1. The lowest BCUT2D eigenvalue weighted by Crippen LogP contribution is -2.54. The highest BCUT2D eigenvalue weighted by atomic mass is 16.5. The maximum absolute atomic E-state index is 12.2. The summed E-state index contributed by atoms with van der Waals surface area (Å²) in [6.07, 6.45) is 3.57. The molecule has 0 spiro atoms. The third-order valence-corrected chi connectivity index (χ3v) is 3.73. The van der Waals surface area contributed by atoms with Gasteiger partial charge in [0, 0.05) is 17.2 Å². The summed E-state index contributed by atoms with van der Waals surface area (Å²) in [6.45, 7) is 1.56. The number of nitrogens with two attached hydrogens (primary N) is 1. The van der Waals surface area contributed by atoms with Crippen LogP contribution in [0, 0.1) is 11.8 Å². The second-order valence-electron chi connectivity index (χ2n) is 5.88. The van der Waals surface area contributed by atoms with Crippen LogP contribution in [0.4, 0.5) is 0 Å². The number of carbonyl (C=O) groups excluding carboxylic acids is 2. The molecule has 0 aliphatic carbocycles. The van der Waals surface area contributed by atoms with Crippen LogP contribution in [0.5, 0.6) is 0 Å². The molecule has 0 heterocycles. The predicted molar refractivity (Wildman–Crippen MR) is 104 cm³/mol. The van der Waals surface area contributed by atoms with E-state index >= 15 is 0 Å².